The summed E-state index contributed by atoms with van der Waals surface area (Å²) >= 11 is 0. The van der Waals surface area contributed by atoms with Crippen molar-refractivity contribution < 1.29 is 0 Å². The fourth-order valence-corrected chi connectivity index (χ4v) is 1.48. The van der Waals surface area contributed by atoms with Gasteiger partial charge in [0, 0.05) is 5.39 Å². The van der Waals surface area contributed by atoms with Gasteiger partial charge < -0.3 is 4.98 Å². The molecule has 0 aliphatic carbocycles. The minimum absolute atomic E-state index is 0.194. The fourth-order valence-electron chi connectivity index (χ4n) is 1.48. The zero-order valence-electron chi connectivity index (χ0n) is 7.11. The SMILES string of the molecule is O=c1cnc2cc3[nH]ncc3cc2[nH]1. The monoisotopic (exact) mass is 186 g/mol. The summed E-state index contributed by atoms with van der Waals surface area (Å²) in [7, 11) is 0. The van der Waals surface area contributed by atoms with Crippen LogP contribution in [0.15, 0.2) is 29.3 Å². The molecular weight excluding hydrogens is 180 g/mol. The molecule has 0 spiro atoms. The molecule has 0 fully saturated rings. The Morgan fingerprint density at radius 3 is 3.00 bits per heavy atom. The van der Waals surface area contributed by atoms with Crippen LogP contribution in [0.3, 0.4) is 0 Å². The minimum Gasteiger partial charge on any atom is -0.319 e. The first-order valence-corrected chi connectivity index (χ1v) is 4.15. The van der Waals surface area contributed by atoms with Gasteiger partial charge in [-0.05, 0) is 12.1 Å². The Balaban J connectivity index is 2.56. The summed E-state index contributed by atoms with van der Waals surface area (Å²) in [6.07, 6.45) is 2.98. The Kier molecular flexibility index (Phi) is 1.25. The average molecular weight is 186 g/mol. The number of rotatable bonds is 0. The van der Waals surface area contributed by atoms with E-state index in [2.05, 4.69) is 20.2 Å². The zero-order chi connectivity index (χ0) is 9.54. The first-order valence-electron chi connectivity index (χ1n) is 4.15. The van der Waals surface area contributed by atoms with E-state index in [0.29, 0.717) is 0 Å². The number of hydrogen-bond donors (Lipinski definition) is 2. The maximum atomic E-state index is 11.0. The lowest BCUT2D eigenvalue weighted by atomic mass is 10.2. The third kappa shape index (κ3) is 0.922. The van der Waals surface area contributed by atoms with Crippen molar-refractivity contribution >= 4 is 21.9 Å². The number of fused-ring (bicyclic) bond motifs is 2. The molecule has 5 heteroatoms. The van der Waals surface area contributed by atoms with Gasteiger partial charge >= 0.3 is 0 Å². The second-order valence-electron chi connectivity index (χ2n) is 3.07. The van der Waals surface area contributed by atoms with Crippen molar-refractivity contribution in [3.63, 3.8) is 0 Å². The Morgan fingerprint density at radius 1 is 1.14 bits per heavy atom. The van der Waals surface area contributed by atoms with Crippen molar-refractivity contribution in [1.82, 2.24) is 20.2 Å². The molecule has 2 heterocycles. The number of aromatic nitrogens is 4. The second kappa shape index (κ2) is 2.41. The van der Waals surface area contributed by atoms with Gasteiger partial charge in [0.2, 0.25) is 0 Å². The highest BCUT2D eigenvalue weighted by atomic mass is 16.1. The van der Waals surface area contributed by atoms with Gasteiger partial charge in [0.25, 0.3) is 5.56 Å². The molecule has 0 atom stereocenters. The largest absolute Gasteiger partial charge is 0.319 e. The smallest absolute Gasteiger partial charge is 0.266 e. The standard InChI is InChI=1S/C9H6N4O/c14-9-4-10-7-2-6-5(3-11-13-6)1-8(7)12-9/h1-4H,(H,11,13)(H,12,14). The van der Waals surface area contributed by atoms with E-state index in [1.54, 1.807) is 6.20 Å². The van der Waals surface area contributed by atoms with E-state index in [4.69, 9.17) is 0 Å². The predicted octanol–water partition coefficient (Wildman–Crippen LogP) is 0.799. The predicted molar refractivity (Wildman–Crippen MR) is 52.0 cm³/mol. The Labute approximate surface area is 77.8 Å². The van der Waals surface area contributed by atoms with E-state index in [1.165, 1.54) is 6.20 Å². The van der Waals surface area contributed by atoms with Gasteiger partial charge in [0.05, 0.1) is 28.9 Å². The van der Waals surface area contributed by atoms with Crippen LogP contribution < -0.4 is 5.56 Å². The number of nitrogens with zero attached hydrogens (tertiary/aromatic N) is 2. The second-order valence-corrected chi connectivity index (χ2v) is 3.07. The number of benzene rings is 1. The van der Waals surface area contributed by atoms with Crippen LogP contribution in [-0.2, 0) is 0 Å². The molecule has 0 unspecified atom stereocenters. The maximum absolute atomic E-state index is 11.0. The molecule has 0 aliphatic heterocycles. The van der Waals surface area contributed by atoms with Gasteiger partial charge in [0.1, 0.15) is 0 Å². The number of H-pyrrole nitrogens is 2. The summed E-state index contributed by atoms with van der Waals surface area (Å²) in [6.45, 7) is 0. The van der Waals surface area contributed by atoms with E-state index in [9.17, 15) is 4.79 Å². The number of nitrogens with one attached hydrogen (secondary N) is 2. The molecule has 14 heavy (non-hydrogen) atoms. The molecular formula is C9H6N4O. The Bertz CT molecular complexity index is 667. The molecule has 0 saturated carbocycles. The lowest BCUT2D eigenvalue weighted by Gasteiger charge is -1.95. The van der Waals surface area contributed by atoms with Crippen LogP contribution in [0, 0.1) is 0 Å². The van der Waals surface area contributed by atoms with Gasteiger partial charge in [-0.15, -0.1) is 0 Å². The van der Waals surface area contributed by atoms with Gasteiger partial charge in [-0.2, -0.15) is 5.10 Å². The lowest BCUT2D eigenvalue weighted by molar-refractivity contribution is 1.12. The summed E-state index contributed by atoms with van der Waals surface area (Å²) in [6, 6.07) is 3.70. The molecule has 0 aliphatic rings. The molecule has 5 nitrogen and oxygen atoms in total. The molecule has 1 aromatic carbocycles. The molecule has 68 valence electrons. The fraction of sp³-hybridized carbons (Fsp3) is 0. The highest BCUT2D eigenvalue weighted by Gasteiger charge is 2.00. The Morgan fingerprint density at radius 2 is 2.07 bits per heavy atom. The van der Waals surface area contributed by atoms with Crippen molar-refractivity contribution in [2.75, 3.05) is 0 Å². The molecule has 2 aromatic heterocycles. The Hall–Kier alpha value is -2.17. The molecule has 0 radical (unpaired) electrons. The van der Waals surface area contributed by atoms with Gasteiger partial charge in [0.15, 0.2) is 0 Å². The normalized spacial score (nSPS) is 11.1. The van der Waals surface area contributed by atoms with Crippen LogP contribution in [0.5, 0.6) is 0 Å². The summed E-state index contributed by atoms with van der Waals surface area (Å²) in [5.74, 6) is 0. The van der Waals surface area contributed by atoms with Crippen LogP contribution in [0.1, 0.15) is 0 Å². The van der Waals surface area contributed by atoms with Gasteiger partial charge in [-0.3, -0.25) is 9.89 Å². The van der Waals surface area contributed by atoms with E-state index in [1.807, 2.05) is 12.1 Å². The average Bonchev–Trinajstić information content (AvgIpc) is 2.61. The van der Waals surface area contributed by atoms with Crippen LogP contribution >= 0.6 is 0 Å². The van der Waals surface area contributed by atoms with Crippen LogP contribution in [-0.4, -0.2) is 20.2 Å². The summed E-state index contributed by atoms with van der Waals surface area (Å²) in [5.41, 5.74) is 2.20. The van der Waals surface area contributed by atoms with Crippen molar-refractivity contribution in [2.45, 2.75) is 0 Å². The van der Waals surface area contributed by atoms with Crippen molar-refractivity contribution in [1.29, 1.82) is 0 Å². The summed E-state index contributed by atoms with van der Waals surface area (Å²) in [5, 5.41) is 7.71. The summed E-state index contributed by atoms with van der Waals surface area (Å²) < 4.78 is 0. The number of hydrogen-bond acceptors (Lipinski definition) is 3. The molecule has 3 aromatic rings. The van der Waals surface area contributed by atoms with E-state index in [0.717, 1.165) is 21.9 Å². The highest BCUT2D eigenvalue weighted by molar-refractivity contribution is 5.92. The molecule has 0 amide bonds. The zero-order valence-corrected chi connectivity index (χ0v) is 7.11. The van der Waals surface area contributed by atoms with E-state index < -0.39 is 0 Å². The van der Waals surface area contributed by atoms with Crippen molar-refractivity contribution in [3.8, 4) is 0 Å². The third-order valence-electron chi connectivity index (χ3n) is 2.14. The highest BCUT2D eigenvalue weighted by Crippen LogP contribution is 2.16. The van der Waals surface area contributed by atoms with E-state index >= 15 is 0 Å². The number of aromatic amines is 2. The topological polar surface area (TPSA) is 74.4 Å². The molecule has 0 saturated heterocycles. The van der Waals surface area contributed by atoms with E-state index in [-0.39, 0.29) is 5.56 Å². The first-order chi connectivity index (χ1) is 6.83. The quantitative estimate of drug-likeness (QED) is 0.545. The van der Waals surface area contributed by atoms with Crippen molar-refractivity contribution in [2.24, 2.45) is 0 Å². The molecule has 2 N–H and O–H groups in total. The first kappa shape index (κ1) is 7.25. The van der Waals surface area contributed by atoms with Gasteiger partial charge in [-0.1, -0.05) is 0 Å². The third-order valence-corrected chi connectivity index (χ3v) is 2.14. The summed E-state index contributed by atoms with van der Waals surface area (Å²) in [4.78, 5) is 17.7. The molecule has 3 rings (SSSR count). The maximum Gasteiger partial charge on any atom is 0.266 e. The van der Waals surface area contributed by atoms with Crippen LogP contribution in [0.25, 0.3) is 21.9 Å². The van der Waals surface area contributed by atoms with Gasteiger partial charge in [-0.25, -0.2) is 4.98 Å². The minimum atomic E-state index is -0.194. The lowest BCUT2D eigenvalue weighted by Crippen LogP contribution is -2.04. The van der Waals surface area contributed by atoms with Crippen LogP contribution in [0.4, 0.5) is 0 Å². The van der Waals surface area contributed by atoms with Crippen molar-refractivity contribution in [3.05, 3.63) is 34.9 Å². The van der Waals surface area contributed by atoms with Crippen LogP contribution in [0.2, 0.25) is 0 Å². The molecule has 0 bridgehead atoms.